The Morgan fingerprint density at radius 3 is 2.21 bits per heavy atom. The summed E-state index contributed by atoms with van der Waals surface area (Å²) in [6.45, 7) is 8.47. The van der Waals surface area contributed by atoms with Crippen molar-refractivity contribution < 1.29 is 19.1 Å². The van der Waals surface area contributed by atoms with Gasteiger partial charge in [0.2, 0.25) is 0 Å². The lowest BCUT2D eigenvalue weighted by Crippen LogP contribution is -2.28. The Morgan fingerprint density at radius 1 is 1.12 bits per heavy atom. The summed E-state index contributed by atoms with van der Waals surface area (Å²) in [5.41, 5.74) is 2.09. The normalized spacial score (nSPS) is 10.3. The molecule has 0 bridgehead atoms. The van der Waals surface area contributed by atoms with Crippen LogP contribution in [0.25, 0.3) is 0 Å². The molecule has 0 heterocycles. The van der Waals surface area contributed by atoms with E-state index in [1.807, 2.05) is 30.3 Å². The van der Waals surface area contributed by atoms with Gasteiger partial charge < -0.3 is 14.8 Å². The van der Waals surface area contributed by atoms with Crippen molar-refractivity contribution in [1.29, 1.82) is 0 Å². The summed E-state index contributed by atoms with van der Waals surface area (Å²) < 4.78 is 9.95. The van der Waals surface area contributed by atoms with Gasteiger partial charge in [-0.1, -0.05) is 18.2 Å². The first-order chi connectivity index (χ1) is 11.6. The summed E-state index contributed by atoms with van der Waals surface area (Å²) >= 11 is 0. The summed E-state index contributed by atoms with van der Waals surface area (Å²) in [5.74, 6) is -1.90. The Hall–Kier alpha value is -2.30. The number of carbonyl (C=O) groups excluding carboxylic acids is 2. The lowest BCUT2D eigenvalue weighted by atomic mass is 9.99. The van der Waals surface area contributed by atoms with Crippen LogP contribution in [-0.2, 0) is 25.5 Å². The number of anilines is 1. The molecule has 132 valence electrons. The summed E-state index contributed by atoms with van der Waals surface area (Å²) in [6.07, 6.45) is 3.75. The Kier molecular flexibility index (Phi) is 9.27. The molecule has 0 amide bonds. The van der Waals surface area contributed by atoms with E-state index < -0.39 is 17.9 Å². The minimum Gasteiger partial charge on any atom is -0.465 e. The van der Waals surface area contributed by atoms with Crippen LogP contribution in [0.15, 0.2) is 36.9 Å². The molecule has 1 aromatic rings. The fourth-order valence-corrected chi connectivity index (χ4v) is 2.24. The van der Waals surface area contributed by atoms with Gasteiger partial charge in [0.25, 0.3) is 0 Å². The van der Waals surface area contributed by atoms with Crippen LogP contribution in [0, 0.1) is 5.92 Å². The molecule has 0 atom stereocenters. The molecule has 0 aromatic heterocycles. The van der Waals surface area contributed by atoms with Crippen LogP contribution in [0.4, 0.5) is 5.69 Å². The van der Waals surface area contributed by atoms with Crippen LogP contribution >= 0.6 is 0 Å². The van der Waals surface area contributed by atoms with E-state index in [4.69, 9.17) is 9.47 Å². The van der Waals surface area contributed by atoms with Gasteiger partial charge >= 0.3 is 11.9 Å². The molecule has 0 fully saturated rings. The molecule has 0 unspecified atom stereocenters. The highest BCUT2D eigenvalue weighted by Crippen LogP contribution is 2.16. The second-order valence-electron chi connectivity index (χ2n) is 5.30. The third kappa shape index (κ3) is 6.86. The molecule has 5 nitrogen and oxygen atoms in total. The Balaban J connectivity index is 2.60. The van der Waals surface area contributed by atoms with Gasteiger partial charge in [0.1, 0.15) is 0 Å². The number of hydrogen-bond donors (Lipinski definition) is 1. The van der Waals surface area contributed by atoms with Crippen LogP contribution in [0.1, 0.15) is 32.3 Å². The van der Waals surface area contributed by atoms with Gasteiger partial charge in [-0.25, -0.2) is 0 Å². The third-order valence-electron chi connectivity index (χ3n) is 3.50. The highest BCUT2D eigenvalue weighted by Gasteiger charge is 2.29. The van der Waals surface area contributed by atoms with Crippen molar-refractivity contribution in [2.75, 3.05) is 25.1 Å². The smallest absolute Gasteiger partial charge is 0.320 e. The topological polar surface area (TPSA) is 64.6 Å². The minimum atomic E-state index is -0.865. The third-order valence-corrected chi connectivity index (χ3v) is 3.50. The van der Waals surface area contributed by atoms with Crippen molar-refractivity contribution >= 4 is 17.6 Å². The first-order valence-electron chi connectivity index (χ1n) is 8.39. The number of esters is 2. The van der Waals surface area contributed by atoms with E-state index in [0.29, 0.717) is 12.8 Å². The number of rotatable bonds is 11. The minimum absolute atomic E-state index is 0.250. The first-order valence-corrected chi connectivity index (χ1v) is 8.39. The predicted octanol–water partition coefficient (Wildman–Crippen LogP) is 3.35. The van der Waals surface area contributed by atoms with Crippen molar-refractivity contribution in [2.24, 2.45) is 5.92 Å². The molecule has 1 aromatic carbocycles. The Morgan fingerprint density at radius 2 is 1.71 bits per heavy atom. The number of ether oxygens (including phenoxy) is 2. The second kappa shape index (κ2) is 11.3. The van der Waals surface area contributed by atoms with Gasteiger partial charge in [0.05, 0.1) is 13.2 Å². The van der Waals surface area contributed by atoms with Gasteiger partial charge in [-0.2, -0.15) is 0 Å². The maximum absolute atomic E-state index is 11.9. The maximum Gasteiger partial charge on any atom is 0.320 e. The highest BCUT2D eigenvalue weighted by molar-refractivity contribution is 5.94. The van der Waals surface area contributed by atoms with Crippen molar-refractivity contribution in [1.82, 2.24) is 0 Å². The van der Waals surface area contributed by atoms with E-state index in [-0.39, 0.29) is 13.2 Å². The van der Waals surface area contributed by atoms with Crippen molar-refractivity contribution in [2.45, 2.75) is 33.1 Å². The van der Waals surface area contributed by atoms with Gasteiger partial charge in [-0.05, 0) is 50.8 Å². The van der Waals surface area contributed by atoms with Crippen molar-refractivity contribution in [3.05, 3.63) is 42.5 Å². The quantitative estimate of drug-likeness (QED) is 0.291. The van der Waals surface area contributed by atoms with Crippen LogP contribution in [-0.4, -0.2) is 31.7 Å². The average Bonchev–Trinajstić information content (AvgIpc) is 2.57. The van der Waals surface area contributed by atoms with Gasteiger partial charge in [0, 0.05) is 12.2 Å². The van der Waals surface area contributed by atoms with Crippen LogP contribution < -0.4 is 5.32 Å². The maximum atomic E-state index is 11.9. The zero-order chi connectivity index (χ0) is 17.8. The highest BCUT2D eigenvalue weighted by atomic mass is 16.6. The Labute approximate surface area is 144 Å². The van der Waals surface area contributed by atoms with E-state index in [1.54, 1.807) is 13.8 Å². The number of benzene rings is 1. The zero-order valence-electron chi connectivity index (χ0n) is 14.5. The zero-order valence-corrected chi connectivity index (χ0v) is 14.5. The summed E-state index contributed by atoms with van der Waals surface area (Å²) in [5, 5.41) is 3.29. The molecular formula is C19H27NO4. The van der Waals surface area contributed by atoms with E-state index in [1.165, 1.54) is 0 Å². The molecule has 0 aliphatic rings. The number of carbonyl (C=O) groups is 2. The van der Waals surface area contributed by atoms with Gasteiger partial charge in [-0.3, -0.25) is 9.59 Å². The molecule has 0 aliphatic carbocycles. The molecule has 1 rings (SSSR count). The fourth-order valence-electron chi connectivity index (χ4n) is 2.24. The number of nitrogens with one attached hydrogen (secondary N) is 1. The lowest BCUT2D eigenvalue weighted by Gasteiger charge is -2.14. The monoisotopic (exact) mass is 333 g/mol. The van der Waals surface area contributed by atoms with Gasteiger partial charge in [-0.15, -0.1) is 6.58 Å². The van der Waals surface area contributed by atoms with E-state index in [0.717, 1.165) is 24.2 Å². The molecule has 0 radical (unpaired) electrons. The molecular weight excluding hydrogens is 306 g/mol. The van der Waals surface area contributed by atoms with E-state index >= 15 is 0 Å². The molecule has 1 N–H and O–H groups in total. The van der Waals surface area contributed by atoms with Crippen LogP contribution in [0.5, 0.6) is 0 Å². The molecule has 5 heteroatoms. The summed E-state index contributed by atoms with van der Waals surface area (Å²) in [6, 6.07) is 7.96. The summed E-state index contributed by atoms with van der Waals surface area (Å²) in [4.78, 5) is 23.9. The van der Waals surface area contributed by atoms with Crippen molar-refractivity contribution in [3.63, 3.8) is 0 Å². The molecule has 0 saturated heterocycles. The van der Waals surface area contributed by atoms with Crippen molar-refractivity contribution in [3.8, 4) is 0 Å². The molecule has 24 heavy (non-hydrogen) atoms. The van der Waals surface area contributed by atoms with E-state index in [2.05, 4.69) is 11.9 Å². The van der Waals surface area contributed by atoms with Gasteiger partial charge in [0.15, 0.2) is 5.92 Å². The SMILES string of the molecule is C=CCCNc1ccc(CCC(C(=O)OCC)C(=O)OCC)cc1. The molecule has 0 aliphatic heterocycles. The number of hydrogen-bond acceptors (Lipinski definition) is 5. The lowest BCUT2D eigenvalue weighted by molar-refractivity contribution is -0.161. The standard InChI is InChI=1S/C19H27NO4/c1-4-7-14-20-16-11-8-15(9-12-16)10-13-17(18(21)23-5-2)19(22)24-6-3/h4,8-9,11-12,17,20H,1,5-7,10,13-14H2,2-3H3. The molecule has 0 saturated carbocycles. The summed E-state index contributed by atoms with van der Waals surface area (Å²) in [7, 11) is 0. The largest absolute Gasteiger partial charge is 0.465 e. The predicted molar refractivity (Wildman–Crippen MR) is 94.8 cm³/mol. The second-order valence-corrected chi connectivity index (χ2v) is 5.30. The van der Waals surface area contributed by atoms with Crippen LogP contribution in [0.3, 0.4) is 0 Å². The Bertz CT molecular complexity index is 507. The average molecular weight is 333 g/mol. The first kappa shape index (κ1) is 19.7. The molecule has 0 spiro atoms. The fraction of sp³-hybridized carbons (Fsp3) is 0.474. The van der Waals surface area contributed by atoms with E-state index in [9.17, 15) is 9.59 Å². The number of aryl methyl sites for hydroxylation is 1. The van der Waals surface area contributed by atoms with Crippen LogP contribution in [0.2, 0.25) is 0 Å².